The summed E-state index contributed by atoms with van der Waals surface area (Å²) in [5.41, 5.74) is 8.61. The van der Waals surface area contributed by atoms with E-state index in [2.05, 4.69) is 11.2 Å². The van der Waals surface area contributed by atoms with Crippen LogP contribution in [0.25, 0.3) is 0 Å². The van der Waals surface area contributed by atoms with E-state index in [-0.39, 0.29) is 5.41 Å². The molecule has 0 saturated carbocycles. The van der Waals surface area contributed by atoms with Crippen molar-refractivity contribution in [1.82, 2.24) is 9.78 Å². The number of nitriles is 1. The number of rotatable bonds is 4. The lowest BCUT2D eigenvalue weighted by Gasteiger charge is -2.15. The molecule has 0 saturated heterocycles. The smallest absolute Gasteiger partial charge is 0.0684 e. The molecule has 0 fully saturated rings. The fourth-order valence-corrected chi connectivity index (χ4v) is 1.69. The lowest BCUT2D eigenvalue weighted by atomic mass is 9.91. The summed E-state index contributed by atoms with van der Waals surface area (Å²) in [7, 11) is 0. The molecular formula is C12H20N4. The van der Waals surface area contributed by atoms with Crippen molar-refractivity contribution in [2.75, 3.05) is 0 Å². The molecule has 88 valence electrons. The van der Waals surface area contributed by atoms with E-state index in [1.54, 1.807) is 0 Å². The van der Waals surface area contributed by atoms with Crippen LogP contribution in [0.3, 0.4) is 0 Å². The van der Waals surface area contributed by atoms with Gasteiger partial charge in [0.25, 0.3) is 0 Å². The van der Waals surface area contributed by atoms with Gasteiger partial charge in [-0.05, 0) is 34.1 Å². The van der Waals surface area contributed by atoms with Crippen LogP contribution < -0.4 is 5.73 Å². The van der Waals surface area contributed by atoms with Crippen molar-refractivity contribution in [3.8, 4) is 6.07 Å². The normalized spacial score (nSPS) is 11.5. The molecule has 1 heterocycles. The second-order valence-corrected chi connectivity index (χ2v) is 4.82. The third-order valence-electron chi connectivity index (χ3n) is 2.99. The fraction of sp³-hybridized carbons (Fsp3) is 0.667. The van der Waals surface area contributed by atoms with Gasteiger partial charge in [-0.15, -0.1) is 0 Å². The Morgan fingerprint density at radius 3 is 2.50 bits per heavy atom. The van der Waals surface area contributed by atoms with E-state index in [0.29, 0.717) is 6.54 Å². The quantitative estimate of drug-likeness (QED) is 0.842. The second kappa shape index (κ2) is 4.67. The van der Waals surface area contributed by atoms with Crippen LogP contribution in [0.4, 0.5) is 0 Å². The SMILES string of the molecule is Cc1nn(CCC(C)(C)C#N)c(C)c1CN. The maximum atomic E-state index is 8.95. The summed E-state index contributed by atoms with van der Waals surface area (Å²) < 4.78 is 1.95. The zero-order chi connectivity index (χ0) is 12.3. The van der Waals surface area contributed by atoms with E-state index in [4.69, 9.17) is 11.0 Å². The maximum absolute atomic E-state index is 8.95. The van der Waals surface area contributed by atoms with Crippen LogP contribution in [0.5, 0.6) is 0 Å². The highest BCUT2D eigenvalue weighted by Crippen LogP contribution is 2.21. The van der Waals surface area contributed by atoms with E-state index in [1.807, 2.05) is 32.4 Å². The minimum absolute atomic E-state index is 0.296. The summed E-state index contributed by atoms with van der Waals surface area (Å²) in [5, 5.41) is 13.4. The molecule has 1 aromatic rings. The summed E-state index contributed by atoms with van der Waals surface area (Å²) in [5.74, 6) is 0. The topological polar surface area (TPSA) is 67.6 Å². The van der Waals surface area contributed by atoms with Gasteiger partial charge in [-0.1, -0.05) is 0 Å². The molecule has 0 spiro atoms. The maximum Gasteiger partial charge on any atom is 0.0684 e. The Morgan fingerprint density at radius 1 is 1.44 bits per heavy atom. The number of nitrogens with zero attached hydrogens (tertiary/aromatic N) is 3. The Bertz CT molecular complexity index is 409. The minimum Gasteiger partial charge on any atom is -0.326 e. The molecule has 1 rings (SSSR count). The molecule has 0 bridgehead atoms. The third-order valence-corrected chi connectivity index (χ3v) is 2.99. The summed E-state index contributed by atoms with van der Waals surface area (Å²) in [4.78, 5) is 0. The molecule has 0 aliphatic heterocycles. The summed E-state index contributed by atoms with van der Waals surface area (Å²) in [6.45, 7) is 9.19. The first-order valence-electron chi connectivity index (χ1n) is 5.55. The van der Waals surface area contributed by atoms with E-state index in [1.165, 1.54) is 0 Å². The number of aryl methyl sites for hydroxylation is 2. The molecule has 0 aromatic carbocycles. The molecule has 0 unspecified atom stereocenters. The van der Waals surface area contributed by atoms with Crippen molar-refractivity contribution >= 4 is 0 Å². The van der Waals surface area contributed by atoms with Gasteiger partial charge in [-0.25, -0.2) is 0 Å². The van der Waals surface area contributed by atoms with Gasteiger partial charge in [0.1, 0.15) is 0 Å². The largest absolute Gasteiger partial charge is 0.326 e. The van der Waals surface area contributed by atoms with Gasteiger partial charge in [-0.3, -0.25) is 4.68 Å². The Kier molecular flexibility index (Phi) is 3.71. The number of aromatic nitrogens is 2. The molecule has 16 heavy (non-hydrogen) atoms. The van der Waals surface area contributed by atoms with Crippen LogP contribution >= 0.6 is 0 Å². The molecule has 0 amide bonds. The van der Waals surface area contributed by atoms with Crippen LogP contribution in [0, 0.1) is 30.6 Å². The number of hydrogen-bond donors (Lipinski definition) is 1. The first-order chi connectivity index (χ1) is 7.41. The first kappa shape index (κ1) is 12.7. The molecule has 0 radical (unpaired) electrons. The van der Waals surface area contributed by atoms with Gasteiger partial charge >= 0.3 is 0 Å². The van der Waals surface area contributed by atoms with Crippen LogP contribution in [0.15, 0.2) is 0 Å². The van der Waals surface area contributed by atoms with Crippen molar-refractivity contribution in [3.63, 3.8) is 0 Å². The molecule has 1 aromatic heterocycles. The number of hydrogen-bond acceptors (Lipinski definition) is 3. The lowest BCUT2D eigenvalue weighted by Crippen LogP contribution is -2.14. The second-order valence-electron chi connectivity index (χ2n) is 4.82. The lowest BCUT2D eigenvalue weighted by molar-refractivity contribution is 0.395. The monoisotopic (exact) mass is 220 g/mol. The van der Waals surface area contributed by atoms with E-state index < -0.39 is 0 Å². The Labute approximate surface area is 97.1 Å². The van der Waals surface area contributed by atoms with Crippen molar-refractivity contribution in [2.45, 2.75) is 47.2 Å². The summed E-state index contributed by atoms with van der Waals surface area (Å²) in [6.07, 6.45) is 0.801. The molecule has 0 aliphatic rings. The van der Waals surface area contributed by atoms with Crippen LogP contribution in [-0.2, 0) is 13.1 Å². The van der Waals surface area contributed by atoms with E-state index in [0.717, 1.165) is 29.9 Å². The number of nitrogens with two attached hydrogens (primary N) is 1. The van der Waals surface area contributed by atoms with Gasteiger partial charge in [0.15, 0.2) is 0 Å². The predicted molar refractivity (Wildman–Crippen MR) is 63.6 cm³/mol. The van der Waals surface area contributed by atoms with Crippen molar-refractivity contribution in [3.05, 3.63) is 17.0 Å². The standard InChI is InChI=1S/C12H20N4/c1-9-11(7-13)10(2)16(15-9)6-5-12(3,4)8-14/h5-7,13H2,1-4H3. The van der Waals surface area contributed by atoms with Crippen molar-refractivity contribution in [2.24, 2.45) is 11.1 Å². The van der Waals surface area contributed by atoms with Gasteiger partial charge in [-0.2, -0.15) is 10.4 Å². The Morgan fingerprint density at radius 2 is 2.06 bits per heavy atom. The predicted octanol–water partition coefficient (Wildman–Crippen LogP) is 1.90. The summed E-state index contributed by atoms with van der Waals surface area (Å²) in [6, 6.07) is 2.30. The van der Waals surface area contributed by atoms with Crippen molar-refractivity contribution < 1.29 is 0 Å². The highest BCUT2D eigenvalue weighted by molar-refractivity contribution is 5.24. The molecule has 0 aliphatic carbocycles. The van der Waals surface area contributed by atoms with Gasteiger partial charge in [0.2, 0.25) is 0 Å². The van der Waals surface area contributed by atoms with Crippen molar-refractivity contribution in [1.29, 1.82) is 5.26 Å². The van der Waals surface area contributed by atoms with Gasteiger partial charge in [0, 0.05) is 24.3 Å². The van der Waals surface area contributed by atoms with Gasteiger partial charge in [0.05, 0.1) is 17.2 Å². The molecule has 4 heteroatoms. The molecule has 2 N–H and O–H groups in total. The first-order valence-corrected chi connectivity index (χ1v) is 5.55. The van der Waals surface area contributed by atoms with Gasteiger partial charge < -0.3 is 5.73 Å². The fourth-order valence-electron chi connectivity index (χ4n) is 1.69. The van der Waals surface area contributed by atoms with Crippen LogP contribution in [0.2, 0.25) is 0 Å². The zero-order valence-electron chi connectivity index (χ0n) is 10.5. The molecular weight excluding hydrogens is 200 g/mol. The highest BCUT2D eigenvalue weighted by atomic mass is 15.3. The van der Waals surface area contributed by atoms with E-state index in [9.17, 15) is 0 Å². The third kappa shape index (κ3) is 2.61. The molecule has 0 atom stereocenters. The Balaban J connectivity index is 2.80. The average molecular weight is 220 g/mol. The molecule has 4 nitrogen and oxygen atoms in total. The Hall–Kier alpha value is -1.34. The zero-order valence-corrected chi connectivity index (χ0v) is 10.5. The van der Waals surface area contributed by atoms with E-state index >= 15 is 0 Å². The minimum atomic E-state index is -0.296. The average Bonchev–Trinajstić information content (AvgIpc) is 2.51. The van der Waals surface area contributed by atoms with Crippen LogP contribution in [-0.4, -0.2) is 9.78 Å². The highest BCUT2D eigenvalue weighted by Gasteiger charge is 2.18. The summed E-state index contributed by atoms with van der Waals surface area (Å²) >= 11 is 0. The van der Waals surface area contributed by atoms with Crippen LogP contribution in [0.1, 0.15) is 37.2 Å².